The van der Waals surface area contributed by atoms with E-state index in [9.17, 15) is 9.59 Å². The van der Waals surface area contributed by atoms with Gasteiger partial charge in [0.05, 0.1) is 13.2 Å². The average Bonchev–Trinajstić information content (AvgIpc) is 2.60. The van der Waals surface area contributed by atoms with Gasteiger partial charge in [-0.3, -0.25) is 14.5 Å². The number of aryl methyl sites for hydroxylation is 1. The molecule has 1 saturated heterocycles. The van der Waals surface area contributed by atoms with Crippen LogP contribution in [0.4, 0.5) is 0 Å². The molecule has 2 rings (SSSR count). The second-order valence-corrected chi connectivity index (χ2v) is 7.19. The third-order valence-electron chi connectivity index (χ3n) is 4.58. The van der Waals surface area contributed by atoms with Crippen LogP contribution in [-0.4, -0.2) is 61.1 Å². The van der Waals surface area contributed by atoms with Crippen molar-refractivity contribution in [2.24, 2.45) is 0 Å². The Morgan fingerprint density at radius 2 is 1.96 bits per heavy atom. The first-order valence-electron chi connectivity index (χ1n) is 8.77. The number of hydrogen-bond donors (Lipinski definition) is 2. The molecule has 0 radical (unpaired) electrons. The molecule has 6 nitrogen and oxygen atoms in total. The molecule has 1 aromatic rings. The number of benzene rings is 1. The lowest BCUT2D eigenvalue weighted by atomic mass is 10.0. The summed E-state index contributed by atoms with van der Waals surface area (Å²) in [5.74, 6) is -0.416. The number of carbonyl (C=O) groups is 2. The summed E-state index contributed by atoms with van der Waals surface area (Å²) in [6, 6.07) is 6.73. The van der Waals surface area contributed by atoms with E-state index < -0.39 is 6.04 Å². The molecule has 2 amide bonds. The lowest BCUT2D eigenvalue weighted by molar-refractivity contribution is -0.123. The van der Waals surface area contributed by atoms with E-state index in [4.69, 9.17) is 4.74 Å². The second-order valence-electron chi connectivity index (χ2n) is 7.19. The molecular formula is C19H29N3O3. The van der Waals surface area contributed by atoms with Crippen molar-refractivity contribution in [2.45, 2.75) is 39.3 Å². The van der Waals surface area contributed by atoms with Gasteiger partial charge in [-0.2, -0.15) is 0 Å². The lowest BCUT2D eigenvalue weighted by Gasteiger charge is -2.41. The van der Waals surface area contributed by atoms with Gasteiger partial charge in [-0.05, 0) is 39.8 Å². The molecule has 1 aliphatic rings. The quantitative estimate of drug-likeness (QED) is 0.815. The number of nitrogens with one attached hydrogen (secondary N) is 2. The highest BCUT2D eigenvalue weighted by Gasteiger charge is 2.29. The molecule has 6 heteroatoms. The Bertz CT molecular complexity index is 610. The standard InChI is InChI=1S/C19H29N3O3/c1-14-6-5-7-16(12-14)18(24)21-15(2)17(23)20-13-19(3,4)22-8-10-25-11-9-22/h5-7,12,15H,8-11,13H2,1-4H3,(H,20,23)(H,21,24)/t15-/m0/s1. The summed E-state index contributed by atoms with van der Waals surface area (Å²) < 4.78 is 5.38. The summed E-state index contributed by atoms with van der Waals surface area (Å²) in [6.45, 7) is 11.5. The van der Waals surface area contributed by atoms with E-state index in [0.29, 0.717) is 12.1 Å². The molecule has 1 atom stereocenters. The number of hydrogen-bond acceptors (Lipinski definition) is 4. The first-order chi connectivity index (χ1) is 11.8. The maximum absolute atomic E-state index is 12.3. The van der Waals surface area contributed by atoms with Crippen LogP contribution in [0.5, 0.6) is 0 Å². The summed E-state index contributed by atoms with van der Waals surface area (Å²) in [4.78, 5) is 26.9. The minimum atomic E-state index is -0.589. The number of amides is 2. The molecule has 1 heterocycles. The first-order valence-corrected chi connectivity index (χ1v) is 8.77. The van der Waals surface area contributed by atoms with Gasteiger partial charge in [0.15, 0.2) is 0 Å². The predicted octanol–water partition coefficient (Wildman–Crippen LogP) is 1.34. The Kier molecular flexibility index (Phi) is 6.56. The fraction of sp³-hybridized carbons (Fsp3) is 0.579. The Hall–Kier alpha value is -1.92. The maximum atomic E-state index is 12.3. The van der Waals surface area contributed by atoms with Gasteiger partial charge in [-0.25, -0.2) is 0 Å². The van der Waals surface area contributed by atoms with E-state index in [1.807, 2.05) is 25.1 Å². The molecule has 1 fully saturated rings. The number of rotatable bonds is 6. The lowest BCUT2D eigenvalue weighted by Crippen LogP contribution is -2.57. The highest BCUT2D eigenvalue weighted by molar-refractivity contribution is 5.97. The summed E-state index contributed by atoms with van der Waals surface area (Å²) in [5.41, 5.74) is 1.42. The van der Waals surface area contributed by atoms with Crippen molar-refractivity contribution in [2.75, 3.05) is 32.8 Å². The monoisotopic (exact) mass is 347 g/mol. The van der Waals surface area contributed by atoms with Gasteiger partial charge in [-0.15, -0.1) is 0 Å². The van der Waals surface area contributed by atoms with Crippen molar-refractivity contribution in [3.8, 4) is 0 Å². The summed E-state index contributed by atoms with van der Waals surface area (Å²) in [7, 11) is 0. The van der Waals surface area contributed by atoms with Gasteiger partial charge in [0.25, 0.3) is 5.91 Å². The van der Waals surface area contributed by atoms with Crippen LogP contribution in [0.1, 0.15) is 36.7 Å². The predicted molar refractivity (Wildman–Crippen MR) is 97.6 cm³/mol. The van der Waals surface area contributed by atoms with E-state index in [1.54, 1.807) is 13.0 Å². The molecule has 0 spiro atoms. The zero-order valence-electron chi connectivity index (χ0n) is 15.6. The van der Waals surface area contributed by atoms with Crippen LogP contribution < -0.4 is 10.6 Å². The number of ether oxygens (including phenoxy) is 1. The molecule has 1 aliphatic heterocycles. The SMILES string of the molecule is Cc1cccc(C(=O)N[C@@H](C)C(=O)NCC(C)(C)N2CCOCC2)c1. The minimum absolute atomic E-state index is 0.153. The van der Waals surface area contributed by atoms with E-state index >= 15 is 0 Å². The first kappa shape index (κ1) is 19.4. The maximum Gasteiger partial charge on any atom is 0.251 e. The highest BCUT2D eigenvalue weighted by Crippen LogP contribution is 2.15. The molecule has 0 saturated carbocycles. The average molecular weight is 347 g/mol. The smallest absolute Gasteiger partial charge is 0.251 e. The van der Waals surface area contributed by atoms with Crippen LogP contribution in [-0.2, 0) is 9.53 Å². The van der Waals surface area contributed by atoms with Crippen LogP contribution >= 0.6 is 0 Å². The molecule has 0 aromatic heterocycles. The van der Waals surface area contributed by atoms with Crippen molar-refractivity contribution in [1.29, 1.82) is 0 Å². The molecule has 1 aromatic carbocycles. The van der Waals surface area contributed by atoms with Crippen molar-refractivity contribution < 1.29 is 14.3 Å². The zero-order valence-corrected chi connectivity index (χ0v) is 15.6. The number of carbonyl (C=O) groups excluding carboxylic acids is 2. The molecule has 0 bridgehead atoms. The zero-order chi connectivity index (χ0) is 18.4. The Labute approximate surface area is 149 Å². The topological polar surface area (TPSA) is 70.7 Å². The Balaban J connectivity index is 1.84. The molecule has 25 heavy (non-hydrogen) atoms. The van der Waals surface area contributed by atoms with Crippen LogP contribution in [0, 0.1) is 6.92 Å². The fourth-order valence-electron chi connectivity index (χ4n) is 2.87. The van der Waals surface area contributed by atoms with Crippen molar-refractivity contribution in [1.82, 2.24) is 15.5 Å². The van der Waals surface area contributed by atoms with E-state index in [1.165, 1.54) is 0 Å². The molecule has 138 valence electrons. The van der Waals surface area contributed by atoms with Gasteiger partial charge < -0.3 is 15.4 Å². The number of nitrogens with zero attached hydrogens (tertiary/aromatic N) is 1. The summed E-state index contributed by atoms with van der Waals surface area (Å²) in [6.07, 6.45) is 0. The molecule has 0 unspecified atom stereocenters. The van der Waals surface area contributed by atoms with Gasteiger partial charge in [0, 0.05) is 30.7 Å². The molecule has 2 N–H and O–H groups in total. The number of morpholine rings is 1. The Morgan fingerprint density at radius 3 is 2.60 bits per heavy atom. The minimum Gasteiger partial charge on any atom is -0.379 e. The van der Waals surface area contributed by atoms with Crippen molar-refractivity contribution in [3.63, 3.8) is 0 Å². The van der Waals surface area contributed by atoms with Gasteiger partial charge in [-0.1, -0.05) is 17.7 Å². The summed E-state index contributed by atoms with van der Waals surface area (Å²) in [5, 5.41) is 5.71. The normalized spacial score (nSPS) is 17.0. The van der Waals surface area contributed by atoms with E-state index in [-0.39, 0.29) is 17.4 Å². The van der Waals surface area contributed by atoms with Crippen LogP contribution in [0.25, 0.3) is 0 Å². The second kappa shape index (κ2) is 8.45. The van der Waals surface area contributed by atoms with Gasteiger partial charge in [0.1, 0.15) is 6.04 Å². The van der Waals surface area contributed by atoms with Gasteiger partial charge in [0.2, 0.25) is 5.91 Å². The van der Waals surface area contributed by atoms with Crippen LogP contribution in [0.3, 0.4) is 0 Å². The fourth-order valence-corrected chi connectivity index (χ4v) is 2.87. The highest BCUT2D eigenvalue weighted by atomic mass is 16.5. The van der Waals surface area contributed by atoms with E-state index in [0.717, 1.165) is 31.9 Å². The van der Waals surface area contributed by atoms with Crippen LogP contribution in [0.2, 0.25) is 0 Å². The largest absolute Gasteiger partial charge is 0.379 e. The Morgan fingerprint density at radius 1 is 1.28 bits per heavy atom. The molecule has 0 aliphatic carbocycles. The molecular weight excluding hydrogens is 318 g/mol. The van der Waals surface area contributed by atoms with E-state index in [2.05, 4.69) is 29.4 Å². The van der Waals surface area contributed by atoms with Crippen molar-refractivity contribution >= 4 is 11.8 Å². The van der Waals surface area contributed by atoms with Crippen molar-refractivity contribution in [3.05, 3.63) is 35.4 Å². The third-order valence-corrected chi connectivity index (χ3v) is 4.58. The third kappa shape index (κ3) is 5.54. The van der Waals surface area contributed by atoms with Crippen LogP contribution in [0.15, 0.2) is 24.3 Å². The van der Waals surface area contributed by atoms with Gasteiger partial charge >= 0.3 is 0 Å². The summed E-state index contributed by atoms with van der Waals surface area (Å²) >= 11 is 0.